The normalized spacial score (nSPS) is 17.3. The Morgan fingerprint density at radius 2 is 2.04 bits per heavy atom. The van der Waals surface area contributed by atoms with Gasteiger partial charge in [0.15, 0.2) is 0 Å². The number of rotatable bonds is 2. The van der Waals surface area contributed by atoms with Crippen molar-refractivity contribution in [1.29, 1.82) is 0 Å². The van der Waals surface area contributed by atoms with Crippen LogP contribution in [0.5, 0.6) is 0 Å². The van der Waals surface area contributed by atoms with E-state index in [9.17, 15) is 9.18 Å². The number of amides is 2. The molecule has 0 bridgehead atoms. The largest absolute Gasteiger partial charge is 0.323 e. The van der Waals surface area contributed by atoms with E-state index in [2.05, 4.69) is 5.32 Å². The van der Waals surface area contributed by atoms with E-state index >= 15 is 0 Å². The summed E-state index contributed by atoms with van der Waals surface area (Å²) in [6.07, 6.45) is 0. The molecule has 0 unspecified atom stereocenters. The van der Waals surface area contributed by atoms with Gasteiger partial charge in [0.25, 0.3) is 0 Å². The first-order chi connectivity index (χ1) is 11.1. The molecule has 1 heterocycles. The fraction of sp³-hybridized carbons (Fsp3) is 0.278. The van der Waals surface area contributed by atoms with Crippen LogP contribution in [0.4, 0.5) is 14.9 Å². The van der Waals surface area contributed by atoms with Gasteiger partial charge in [-0.15, -0.1) is 11.8 Å². The van der Waals surface area contributed by atoms with Crippen molar-refractivity contribution in [3.63, 3.8) is 0 Å². The Bertz CT molecular complexity index is 735. The number of thioether (sulfide) groups is 1. The van der Waals surface area contributed by atoms with Crippen LogP contribution in [0, 0.1) is 19.7 Å². The molecule has 1 saturated heterocycles. The highest BCUT2D eigenvalue weighted by atomic mass is 32.2. The molecule has 0 spiro atoms. The number of benzene rings is 2. The van der Waals surface area contributed by atoms with Crippen LogP contribution < -0.4 is 5.32 Å². The maximum Gasteiger partial charge on any atom is 0.323 e. The molecule has 23 heavy (non-hydrogen) atoms. The van der Waals surface area contributed by atoms with Gasteiger partial charge in [0.1, 0.15) is 11.2 Å². The SMILES string of the molecule is Cc1cccc(NC(=O)N2CCS[C@H]2c2cccc(F)c2)c1C. The minimum absolute atomic E-state index is 0.141. The number of hydrogen-bond acceptors (Lipinski definition) is 2. The summed E-state index contributed by atoms with van der Waals surface area (Å²) in [5.41, 5.74) is 3.85. The minimum atomic E-state index is -0.273. The number of anilines is 1. The molecule has 1 N–H and O–H groups in total. The van der Waals surface area contributed by atoms with Gasteiger partial charge >= 0.3 is 6.03 Å². The summed E-state index contributed by atoms with van der Waals surface area (Å²) in [6.45, 7) is 4.67. The number of nitrogens with one attached hydrogen (secondary N) is 1. The lowest BCUT2D eigenvalue weighted by Gasteiger charge is -2.25. The lowest BCUT2D eigenvalue weighted by Crippen LogP contribution is -2.34. The summed E-state index contributed by atoms with van der Waals surface area (Å²) in [5.74, 6) is 0.575. The fourth-order valence-corrected chi connectivity index (χ4v) is 3.93. The summed E-state index contributed by atoms with van der Waals surface area (Å²) < 4.78 is 13.5. The first-order valence-electron chi connectivity index (χ1n) is 7.57. The van der Waals surface area contributed by atoms with Crippen molar-refractivity contribution < 1.29 is 9.18 Å². The van der Waals surface area contributed by atoms with Crippen LogP contribution >= 0.6 is 11.8 Å². The molecule has 3 nitrogen and oxygen atoms in total. The number of halogens is 1. The van der Waals surface area contributed by atoms with Crippen LogP contribution in [0.1, 0.15) is 22.1 Å². The van der Waals surface area contributed by atoms with E-state index in [-0.39, 0.29) is 17.2 Å². The molecular formula is C18H19FN2OS. The Morgan fingerprint density at radius 3 is 2.83 bits per heavy atom. The van der Waals surface area contributed by atoms with Crippen LogP contribution in [0.2, 0.25) is 0 Å². The second-order valence-corrected chi connectivity index (χ2v) is 6.84. The van der Waals surface area contributed by atoms with Crippen LogP contribution in [0.25, 0.3) is 0 Å². The summed E-state index contributed by atoms with van der Waals surface area (Å²) in [5, 5.41) is 2.84. The molecule has 120 valence electrons. The zero-order valence-corrected chi connectivity index (χ0v) is 14.0. The molecule has 0 aliphatic carbocycles. The molecule has 0 saturated carbocycles. The molecular weight excluding hydrogens is 311 g/mol. The number of aryl methyl sites for hydroxylation is 1. The zero-order chi connectivity index (χ0) is 16.4. The maximum atomic E-state index is 13.5. The molecule has 1 fully saturated rings. The lowest BCUT2D eigenvalue weighted by atomic mass is 10.1. The highest BCUT2D eigenvalue weighted by Crippen LogP contribution is 2.38. The van der Waals surface area contributed by atoms with Crippen molar-refractivity contribution in [2.45, 2.75) is 19.2 Å². The van der Waals surface area contributed by atoms with E-state index in [4.69, 9.17) is 0 Å². The Balaban J connectivity index is 1.80. The molecule has 2 aromatic carbocycles. The van der Waals surface area contributed by atoms with E-state index < -0.39 is 0 Å². The number of carbonyl (C=O) groups excluding carboxylic acids is 1. The van der Waals surface area contributed by atoms with Gasteiger partial charge in [-0.05, 0) is 48.7 Å². The predicted molar refractivity (Wildman–Crippen MR) is 93.2 cm³/mol. The molecule has 1 aliphatic heterocycles. The van der Waals surface area contributed by atoms with Crippen molar-refractivity contribution in [2.24, 2.45) is 0 Å². The van der Waals surface area contributed by atoms with Gasteiger partial charge in [0, 0.05) is 18.0 Å². The highest BCUT2D eigenvalue weighted by Gasteiger charge is 2.31. The molecule has 0 radical (unpaired) electrons. The Hall–Kier alpha value is -2.01. The number of nitrogens with zero attached hydrogens (tertiary/aromatic N) is 1. The molecule has 2 aromatic rings. The maximum absolute atomic E-state index is 13.5. The molecule has 5 heteroatoms. The quantitative estimate of drug-likeness (QED) is 0.864. The van der Waals surface area contributed by atoms with Gasteiger partial charge in [-0.3, -0.25) is 0 Å². The van der Waals surface area contributed by atoms with Crippen molar-refractivity contribution >= 4 is 23.5 Å². The summed E-state index contributed by atoms with van der Waals surface area (Å²) in [6, 6.07) is 12.2. The fourth-order valence-electron chi connectivity index (χ4n) is 2.69. The topological polar surface area (TPSA) is 32.3 Å². The second kappa shape index (κ2) is 6.62. The number of carbonyl (C=O) groups is 1. The van der Waals surface area contributed by atoms with E-state index in [0.717, 1.165) is 28.1 Å². The summed E-state index contributed by atoms with van der Waals surface area (Å²) >= 11 is 1.66. The monoisotopic (exact) mass is 330 g/mol. The van der Waals surface area contributed by atoms with E-state index in [1.54, 1.807) is 22.7 Å². The minimum Gasteiger partial charge on any atom is -0.308 e. The predicted octanol–water partition coefficient (Wildman–Crippen LogP) is 4.72. The lowest BCUT2D eigenvalue weighted by molar-refractivity contribution is 0.214. The molecule has 3 rings (SSSR count). The van der Waals surface area contributed by atoms with Crippen LogP contribution in [0.15, 0.2) is 42.5 Å². The van der Waals surface area contributed by atoms with Gasteiger partial charge in [-0.2, -0.15) is 0 Å². The molecule has 2 amide bonds. The van der Waals surface area contributed by atoms with Gasteiger partial charge in [-0.25, -0.2) is 9.18 Å². The van der Waals surface area contributed by atoms with Gasteiger partial charge in [-0.1, -0.05) is 24.3 Å². The zero-order valence-electron chi connectivity index (χ0n) is 13.2. The van der Waals surface area contributed by atoms with Gasteiger partial charge < -0.3 is 10.2 Å². The van der Waals surface area contributed by atoms with E-state index in [1.165, 1.54) is 12.1 Å². The van der Waals surface area contributed by atoms with Gasteiger partial charge in [0.2, 0.25) is 0 Å². The third kappa shape index (κ3) is 3.34. The van der Waals surface area contributed by atoms with Crippen molar-refractivity contribution in [2.75, 3.05) is 17.6 Å². The van der Waals surface area contributed by atoms with E-state index in [1.807, 2.05) is 38.1 Å². The van der Waals surface area contributed by atoms with Crippen LogP contribution in [-0.4, -0.2) is 23.2 Å². The third-order valence-corrected chi connectivity index (χ3v) is 5.39. The Morgan fingerprint density at radius 1 is 1.26 bits per heavy atom. The summed E-state index contributed by atoms with van der Waals surface area (Å²) in [4.78, 5) is 14.4. The Kier molecular flexibility index (Phi) is 4.57. The van der Waals surface area contributed by atoms with Crippen LogP contribution in [-0.2, 0) is 0 Å². The van der Waals surface area contributed by atoms with E-state index in [0.29, 0.717) is 6.54 Å². The highest BCUT2D eigenvalue weighted by molar-refractivity contribution is 7.99. The van der Waals surface area contributed by atoms with Crippen molar-refractivity contribution in [3.05, 3.63) is 65.0 Å². The molecule has 1 aliphatic rings. The van der Waals surface area contributed by atoms with Crippen molar-refractivity contribution in [1.82, 2.24) is 4.90 Å². The molecule has 1 atom stereocenters. The third-order valence-electron chi connectivity index (χ3n) is 4.13. The average molecular weight is 330 g/mol. The second-order valence-electron chi connectivity index (χ2n) is 5.65. The number of urea groups is 1. The first-order valence-corrected chi connectivity index (χ1v) is 8.62. The summed E-state index contributed by atoms with van der Waals surface area (Å²) in [7, 11) is 0. The molecule has 0 aromatic heterocycles. The van der Waals surface area contributed by atoms with Crippen LogP contribution in [0.3, 0.4) is 0 Å². The standard InChI is InChI=1S/C18H19FN2OS/c1-12-5-3-8-16(13(12)2)20-18(22)21-9-10-23-17(21)14-6-4-7-15(19)11-14/h3-8,11,17H,9-10H2,1-2H3,(H,20,22)/t17-/m0/s1. The van der Waals surface area contributed by atoms with Crippen molar-refractivity contribution in [3.8, 4) is 0 Å². The van der Waals surface area contributed by atoms with Gasteiger partial charge in [0.05, 0.1) is 0 Å². The number of hydrogen-bond donors (Lipinski definition) is 1. The average Bonchev–Trinajstić information content (AvgIpc) is 3.01. The Labute approximate surface area is 139 Å². The first kappa shape index (κ1) is 15.9. The smallest absolute Gasteiger partial charge is 0.308 e.